The van der Waals surface area contributed by atoms with Gasteiger partial charge in [0.25, 0.3) is 0 Å². The molecule has 0 amide bonds. The summed E-state index contributed by atoms with van der Waals surface area (Å²) in [5.41, 5.74) is 0. The number of carboxylic acids is 2. The number of carboxylic acid groups (broad SMARTS) is 2. The van der Waals surface area contributed by atoms with Crippen molar-refractivity contribution in [1.29, 1.82) is 5.26 Å². The summed E-state index contributed by atoms with van der Waals surface area (Å²) >= 11 is 0. The SMILES string of the molecule is CCC(CC(CC(C)C#N)C(=O)O)C(=O)O. The van der Waals surface area contributed by atoms with Crippen molar-refractivity contribution in [2.45, 2.75) is 33.1 Å². The highest BCUT2D eigenvalue weighted by molar-refractivity contribution is 5.73. The molecule has 3 atom stereocenters. The highest BCUT2D eigenvalue weighted by Gasteiger charge is 2.27. The van der Waals surface area contributed by atoms with Crippen LogP contribution in [0.25, 0.3) is 0 Å². The van der Waals surface area contributed by atoms with Crippen LogP contribution >= 0.6 is 0 Å². The Kier molecular flexibility index (Phi) is 6.16. The number of carbonyl (C=O) groups is 2. The number of nitrogens with zero attached hydrogens (tertiary/aromatic N) is 1. The zero-order chi connectivity index (χ0) is 12.7. The molecule has 0 saturated carbocycles. The summed E-state index contributed by atoms with van der Waals surface area (Å²) in [4.78, 5) is 21.7. The Morgan fingerprint density at radius 2 is 1.69 bits per heavy atom. The first-order chi connectivity index (χ1) is 7.42. The second-order valence-corrected chi connectivity index (χ2v) is 3.98. The molecule has 90 valence electrons. The van der Waals surface area contributed by atoms with Gasteiger partial charge in [-0.3, -0.25) is 9.59 Å². The maximum absolute atomic E-state index is 10.9. The summed E-state index contributed by atoms with van der Waals surface area (Å²) in [5, 5.41) is 26.4. The molecule has 0 aliphatic heterocycles. The van der Waals surface area contributed by atoms with Gasteiger partial charge in [0.1, 0.15) is 0 Å². The van der Waals surface area contributed by atoms with E-state index in [1.165, 1.54) is 0 Å². The van der Waals surface area contributed by atoms with Crippen molar-refractivity contribution in [3.8, 4) is 6.07 Å². The van der Waals surface area contributed by atoms with E-state index in [2.05, 4.69) is 0 Å². The van der Waals surface area contributed by atoms with Gasteiger partial charge in [0, 0.05) is 5.92 Å². The molecular weight excluding hydrogens is 210 g/mol. The van der Waals surface area contributed by atoms with E-state index in [4.69, 9.17) is 15.5 Å². The van der Waals surface area contributed by atoms with Crippen LogP contribution in [0.2, 0.25) is 0 Å². The van der Waals surface area contributed by atoms with E-state index in [1.54, 1.807) is 13.8 Å². The lowest BCUT2D eigenvalue weighted by molar-refractivity contribution is -0.146. The average molecular weight is 227 g/mol. The van der Waals surface area contributed by atoms with Crippen molar-refractivity contribution in [2.24, 2.45) is 17.8 Å². The van der Waals surface area contributed by atoms with Gasteiger partial charge in [-0.05, 0) is 26.2 Å². The van der Waals surface area contributed by atoms with Gasteiger partial charge in [0.05, 0.1) is 17.9 Å². The molecule has 0 aromatic rings. The first-order valence-electron chi connectivity index (χ1n) is 5.27. The average Bonchev–Trinajstić information content (AvgIpc) is 2.22. The minimum atomic E-state index is -1.03. The molecule has 0 saturated heterocycles. The van der Waals surface area contributed by atoms with Gasteiger partial charge in [-0.1, -0.05) is 6.92 Å². The van der Waals surface area contributed by atoms with E-state index in [1.807, 2.05) is 6.07 Å². The molecule has 2 N–H and O–H groups in total. The lowest BCUT2D eigenvalue weighted by atomic mass is 9.87. The van der Waals surface area contributed by atoms with Crippen molar-refractivity contribution >= 4 is 11.9 Å². The maximum Gasteiger partial charge on any atom is 0.306 e. The third-order valence-corrected chi connectivity index (χ3v) is 2.62. The monoisotopic (exact) mass is 227 g/mol. The quantitative estimate of drug-likeness (QED) is 0.690. The van der Waals surface area contributed by atoms with Gasteiger partial charge in [-0.15, -0.1) is 0 Å². The number of hydrogen-bond acceptors (Lipinski definition) is 3. The molecule has 0 aliphatic carbocycles. The molecule has 0 fully saturated rings. The summed E-state index contributed by atoms with van der Waals surface area (Å²) < 4.78 is 0. The maximum atomic E-state index is 10.9. The highest BCUT2D eigenvalue weighted by atomic mass is 16.4. The number of hydrogen-bond donors (Lipinski definition) is 2. The summed E-state index contributed by atoms with van der Waals surface area (Å²) in [6.45, 7) is 3.35. The second kappa shape index (κ2) is 6.83. The van der Waals surface area contributed by atoms with Gasteiger partial charge < -0.3 is 10.2 Å². The van der Waals surface area contributed by atoms with Crippen LogP contribution in [0.15, 0.2) is 0 Å². The van der Waals surface area contributed by atoms with Crippen molar-refractivity contribution < 1.29 is 19.8 Å². The Morgan fingerprint density at radius 3 is 2.00 bits per heavy atom. The van der Waals surface area contributed by atoms with Gasteiger partial charge in [-0.25, -0.2) is 0 Å². The molecule has 16 heavy (non-hydrogen) atoms. The van der Waals surface area contributed by atoms with Crippen molar-refractivity contribution in [3.05, 3.63) is 0 Å². The van der Waals surface area contributed by atoms with Gasteiger partial charge in [-0.2, -0.15) is 5.26 Å². The van der Waals surface area contributed by atoms with Crippen LogP contribution in [0.5, 0.6) is 0 Å². The molecule has 0 aromatic heterocycles. The molecule has 0 heterocycles. The Bertz CT molecular complexity index is 295. The van der Waals surface area contributed by atoms with Crippen molar-refractivity contribution in [2.75, 3.05) is 0 Å². The van der Waals surface area contributed by atoms with Crippen LogP contribution in [-0.2, 0) is 9.59 Å². The van der Waals surface area contributed by atoms with Crippen molar-refractivity contribution in [1.82, 2.24) is 0 Å². The van der Waals surface area contributed by atoms with Crippen LogP contribution in [0.4, 0.5) is 0 Å². The minimum absolute atomic E-state index is 0.0905. The number of rotatable bonds is 7. The molecule has 3 unspecified atom stereocenters. The first kappa shape index (κ1) is 14.4. The Hall–Kier alpha value is -1.57. The Labute approximate surface area is 94.7 Å². The first-order valence-corrected chi connectivity index (χ1v) is 5.27. The molecule has 0 aromatic carbocycles. The van der Waals surface area contributed by atoms with E-state index in [0.717, 1.165) is 0 Å². The molecule has 5 heteroatoms. The van der Waals surface area contributed by atoms with Gasteiger partial charge in [0.15, 0.2) is 0 Å². The fourth-order valence-electron chi connectivity index (χ4n) is 1.56. The smallest absolute Gasteiger partial charge is 0.306 e. The summed E-state index contributed by atoms with van der Waals surface area (Å²) in [6, 6.07) is 1.96. The van der Waals surface area contributed by atoms with Crippen molar-refractivity contribution in [3.63, 3.8) is 0 Å². The van der Waals surface area contributed by atoms with Crippen LogP contribution < -0.4 is 0 Å². The molecule has 0 aliphatic rings. The number of nitriles is 1. The van der Waals surface area contributed by atoms with E-state index in [9.17, 15) is 9.59 Å². The lowest BCUT2D eigenvalue weighted by Crippen LogP contribution is -2.23. The molecule has 0 spiro atoms. The Balaban J connectivity index is 4.50. The van der Waals surface area contributed by atoms with E-state index in [-0.39, 0.29) is 18.8 Å². The predicted molar refractivity (Wildman–Crippen MR) is 56.6 cm³/mol. The molecule has 0 radical (unpaired) electrons. The zero-order valence-corrected chi connectivity index (χ0v) is 9.51. The Morgan fingerprint density at radius 1 is 1.19 bits per heavy atom. The number of aliphatic carboxylic acids is 2. The molecule has 5 nitrogen and oxygen atoms in total. The zero-order valence-electron chi connectivity index (χ0n) is 9.51. The van der Waals surface area contributed by atoms with E-state index < -0.39 is 23.8 Å². The standard InChI is InChI=1S/C11H17NO4/c1-3-8(10(13)14)5-9(11(15)16)4-7(2)6-12/h7-9H,3-5H2,1-2H3,(H,13,14)(H,15,16). The van der Waals surface area contributed by atoms with Crippen LogP contribution in [-0.4, -0.2) is 22.2 Å². The van der Waals surface area contributed by atoms with E-state index >= 15 is 0 Å². The van der Waals surface area contributed by atoms with Crippen LogP contribution in [0, 0.1) is 29.1 Å². The molecule has 0 rings (SSSR count). The summed E-state index contributed by atoms with van der Waals surface area (Å²) in [7, 11) is 0. The summed E-state index contributed by atoms with van der Waals surface area (Å²) in [6.07, 6.45) is 0.697. The predicted octanol–water partition coefficient (Wildman–Crippen LogP) is 1.74. The molecule has 0 bridgehead atoms. The third kappa shape index (κ3) is 4.78. The third-order valence-electron chi connectivity index (χ3n) is 2.62. The summed E-state index contributed by atoms with van der Waals surface area (Å²) in [5.74, 6) is -3.77. The van der Waals surface area contributed by atoms with Crippen LogP contribution in [0.1, 0.15) is 33.1 Å². The fourth-order valence-corrected chi connectivity index (χ4v) is 1.56. The van der Waals surface area contributed by atoms with Gasteiger partial charge >= 0.3 is 11.9 Å². The fraction of sp³-hybridized carbons (Fsp3) is 0.727. The largest absolute Gasteiger partial charge is 0.481 e. The van der Waals surface area contributed by atoms with Crippen LogP contribution in [0.3, 0.4) is 0 Å². The highest BCUT2D eigenvalue weighted by Crippen LogP contribution is 2.22. The lowest BCUT2D eigenvalue weighted by Gasteiger charge is -2.17. The molecular formula is C11H17NO4. The normalized spacial score (nSPS) is 15.8. The minimum Gasteiger partial charge on any atom is -0.481 e. The topological polar surface area (TPSA) is 98.4 Å². The van der Waals surface area contributed by atoms with Gasteiger partial charge in [0.2, 0.25) is 0 Å². The second-order valence-electron chi connectivity index (χ2n) is 3.98. The van der Waals surface area contributed by atoms with E-state index in [0.29, 0.717) is 6.42 Å².